The summed E-state index contributed by atoms with van der Waals surface area (Å²) >= 11 is 0. The van der Waals surface area contributed by atoms with E-state index in [1.54, 1.807) is 6.07 Å². The number of hydrogen-bond donors (Lipinski definition) is 1. The summed E-state index contributed by atoms with van der Waals surface area (Å²) in [6, 6.07) is 13.4. The summed E-state index contributed by atoms with van der Waals surface area (Å²) in [5.74, 6) is 0.685. The Morgan fingerprint density at radius 2 is 1.83 bits per heavy atom. The van der Waals surface area contributed by atoms with Crippen molar-refractivity contribution < 1.29 is 9.52 Å². The van der Waals surface area contributed by atoms with Crippen LogP contribution in [0.2, 0.25) is 0 Å². The largest absolute Gasteiger partial charge is 0.618 e. The molecule has 1 aliphatic carbocycles. The molecule has 0 spiro atoms. The zero-order valence-electron chi connectivity index (χ0n) is 13.9. The van der Waals surface area contributed by atoms with E-state index in [-0.39, 0.29) is 12.3 Å². The molecule has 24 heavy (non-hydrogen) atoms. The molecular formula is C20H24N2O2. The first-order chi connectivity index (χ1) is 11.7. The minimum absolute atomic E-state index is 0.0786. The first-order valence-electron chi connectivity index (χ1n) is 8.76. The number of nitrogens with zero attached hydrogens (tertiary/aromatic N) is 1. The molecule has 1 heterocycles. The van der Waals surface area contributed by atoms with E-state index in [9.17, 15) is 10.0 Å². The van der Waals surface area contributed by atoms with Gasteiger partial charge in [0.1, 0.15) is 6.42 Å². The fourth-order valence-corrected chi connectivity index (χ4v) is 3.39. The van der Waals surface area contributed by atoms with Crippen LogP contribution in [-0.2, 0) is 11.2 Å². The molecule has 4 heteroatoms. The number of carbonyl (C=O) groups is 1. The maximum atomic E-state index is 12.2. The molecule has 0 saturated heterocycles. The molecule has 0 unspecified atom stereocenters. The number of nitrogens with one attached hydrogen (secondary N) is 1. The van der Waals surface area contributed by atoms with E-state index >= 15 is 0 Å². The van der Waals surface area contributed by atoms with Gasteiger partial charge >= 0.3 is 0 Å². The average molecular weight is 324 g/mol. The van der Waals surface area contributed by atoms with Gasteiger partial charge in [0, 0.05) is 18.2 Å². The van der Waals surface area contributed by atoms with Crippen LogP contribution in [-0.4, -0.2) is 12.5 Å². The minimum Gasteiger partial charge on any atom is -0.618 e. The third-order valence-corrected chi connectivity index (χ3v) is 4.79. The Balaban J connectivity index is 1.53. The third kappa shape index (κ3) is 4.34. The Morgan fingerprint density at radius 3 is 2.54 bits per heavy atom. The van der Waals surface area contributed by atoms with E-state index in [4.69, 9.17) is 0 Å². The molecule has 1 N–H and O–H groups in total. The summed E-state index contributed by atoms with van der Waals surface area (Å²) in [4.78, 5) is 12.0. The minimum atomic E-state index is -0.0786. The fourth-order valence-electron chi connectivity index (χ4n) is 3.39. The number of benzene rings is 1. The van der Waals surface area contributed by atoms with Crippen LogP contribution < -0.4 is 10.0 Å². The molecule has 1 aliphatic rings. The van der Waals surface area contributed by atoms with E-state index in [1.165, 1.54) is 31.9 Å². The second-order valence-electron chi connectivity index (χ2n) is 6.57. The standard InChI is InChI=1S/C20H24N2O2/c23-20(21-13-12-16-6-4-5-7-16)14-19-11-10-18(15-22(19)24)17-8-2-1-3-9-17/h1-3,8-11,15-16H,4-7,12-14H2,(H,21,23). The Kier molecular flexibility index (Phi) is 5.47. The molecule has 1 aromatic carbocycles. The van der Waals surface area contributed by atoms with Crippen molar-refractivity contribution in [2.75, 3.05) is 6.54 Å². The van der Waals surface area contributed by atoms with E-state index in [1.807, 2.05) is 36.4 Å². The van der Waals surface area contributed by atoms with Crippen molar-refractivity contribution in [3.8, 4) is 11.1 Å². The van der Waals surface area contributed by atoms with Gasteiger partial charge < -0.3 is 10.5 Å². The lowest BCUT2D eigenvalue weighted by atomic mass is 10.0. The first-order valence-corrected chi connectivity index (χ1v) is 8.76. The van der Waals surface area contributed by atoms with Crippen molar-refractivity contribution in [3.63, 3.8) is 0 Å². The lowest BCUT2D eigenvalue weighted by Gasteiger charge is -2.10. The van der Waals surface area contributed by atoms with Crippen molar-refractivity contribution in [1.29, 1.82) is 0 Å². The number of amides is 1. The van der Waals surface area contributed by atoms with Crippen LogP contribution in [0.1, 0.15) is 37.8 Å². The van der Waals surface area contributed by atoms with Gasteiger partial charge in [0.2, 0.25) is 11.6 Å². The van der Waals surface area contributed by atoms with E-state index in [0.717, 1.165) is 28.2 Å². The highest BCUT2D eigenvalue weighted by Crippen LogP contribution is 2.26. The molecular weight excluding hydrogens is 300 g/mol. The summed E-state index contributed by atoms with van der Waals surface area (Å²) < 4.78 is 0.804. The molecule has 0 aliphatic heterocycles. The molecule has 2 aromatic rings. The zero-order valence-corrected chi connectivity index (χ0v) is 13.9. The van der Waals surface area contributed by atoms with Gasteiger partial charge in [-0.25, -0.2) is 0 Å². The highest BCUT2D eigenvalue weighted by Gasteiger charge is 2.16. The van der Waals surface area contributed by atoms with Gasteiger partial charge in [0.05, 0.1) is 0 Å². The van der Waals surface area contributed by atoms with Gasteiger partial charge in [-0.2, -0.15) is 4.73 Å². The Bertz CT molecular complexity index is 679. The number of rotatable bonds is 6. The van der Waals surface area contributed by atoms with Crippen molar-refractivity contribution >= 4 is 5.91 Å². The Hall–Kier alpha value is -2.36. The third-order valence-electron chi connectivity index (χ3n) is 4.79. The SMILES string of the molecule is O=C(Cc1ccc(-c2ccccc2)c[n+]1[O-])NCCC1CCCC1. The molecule has 1 saturated carbocycles. The Labute approximate surface area is 143 Å². The van der Waals surface area contributed by atoms with Gasteiger partial charge in [-0.15, -0.1) is 0 Å². The molecule has 4 nitrogen and oxygen atoms in total. The van der Waals surface area contributed by atoms with E-state index in [0.29, 0.717) is 12.2 Å². The maximum absolute atomic E-state index is 12.2. The molecule has 0 atom stereocenters. The number of aromatic nitrogens is 1. The number of pyridine rings is 1. The monoisotopic (exact) mass is 324 g/mol. The Morgan fingerprint density at radius 1 is 1.08 bits per heavy atom. The zero-order chi connectivity index (χ0) is 16.8. The molecule has 1 aromatic heterocycles. The van der Waals surface area contributed by atoms with Crippen molar-refractivity contribution in [1.82, 2.24) is 5.32 Å². The van der Waals surface area contributed by atoms with Crippen molar-refractivity contribution in [2.24, 2.45) is 5.92 Å². The molecule has 1 fully saturated rings. The quantitative estimate of drug-likeness (QED) is 0.655. The molecule has 1 amide bonds. The van der Waals surface area contributed by atoms with Crippen LogP contribution in [0.25, 0.3) is 11.1 Å². The van der Waals surface area contributed by atoms with Gasteiger partial charge in [0.25, 0.3) is 0 Å². The summed E-state index contributed by atoms with van der Waals surface area (Å²) in [5, 5.41) is 15.1. The topological polar surface area (TPSA) is 56.0 Å². The fraction of sp³-hybridized carbons (Fsp3) is 0.400. The summed E-state index contributed by atoms with van der Waals surface area (Å²) in [5.41, 5.74) is 2.33. The number of carbonyl (C=O) groups excluding carboxylic acids is 1. The summed E-state index contributed by atoms with van der Waals surface area (Å²) in [6.45, 7) is 0.713. The highest BCUT2D eigenvalue weighted by atomic mass is 16.5. The normalized spacial score (nSPS) is 14.7. The second kappa shape index (κ2) is 7.95. The lowest BCUT2D eigenvalue weighted by Crippen LogP contribution is -2.36. The predicted molar refractivity (Wildman–Crippen MR) is 94.1 cm³/mol. The van der Waals surface area contributed by atoms with Crippen LogP contribution in [0.4, 0.5) is 0 Å². The summed E-state index contributed by atoms with van der Waals surface area (Å²) in [6.07, 6.45) is 7.94. The molecule has 3 rings (SSSR count). The molecule has 126 valence electrons. The average Bonchev–Trinajstić information content (AvgIpc) is 3.11. The molecule has 0 radical (unpaired) electrons. The van der Waals surface area contributed by atoms with Gasteiger partial charge in [-0.1, -0.05) is 56.0 Å². The summed E-state index contributed by atoms with van der Waals surface area (Å²) in [7, 11) is 0. The first kappa shape index (κ1) is 16.5. The van der Waals surface area contributed by atoms with Crippen molar-refractivity contribution in [2.45, 2.75) is 38.5 Å². The second-order valence-corrected chi connectivity index (χ2v) is 6.57. The van der Waals surface area contributed by atoms with Crippen LogP contribution in [0.15, 0.2) is 48.7 Å². The smallest absolute Gasteiger partial charge is 0.230 e. The van der Waals surface area contributed by atoms with E-state index < -0.39 is 0 Å². The van der Waals surface area contributed by atoms with Gasteiger partial charge in [-0.05, 0) is 24.0 Å². The number of hydrogen-bond acceptors (Lipinski definition) is 2. The molecule has 0 bridgehead atoms. The van der Waals surface area contributed by atoms with Gasteiger partial charge in [0.15, 0.2) is 6.20 Å². The van der Waals surface area contributed by atoms with E-state index in [2.05, 4.69) is 5.32 Å². The maximum Gasteiger partial charge on any atom is 0.230 e. The van der Waals surface area contributed by atoms with Crippen LogP contribution in [0, 0.1) is 11.1 Å². The highest BCUT2D eigenvalue weighted by molar-refractivity contribution is 5.77. The van der Waals surface area contributed by atoms with Crippen LogP contribution in [0.3, 0.4) is 0 Å². The van der Waals surface area contributed by atoms with Gasteiger partial charge in [-0.3, -0.25) is 4.79 Å². The lowest BCUT2D eigenvalue weighted by molar-refractivity contribution is -0.612. The predicted octanol–water partition coefficient (Wildman–Crippen LogP) is 3.23. The van der Waals surface area contributed by atoms with Crippen LogP contribution >= 0.6 is 0 Å². The van der Waals surface area contributed by atoms with Crippen molar-refractivity contribution in [3.05, 3.63) is 59.6 Å². The van der Waals surface area contributed by atoms with Crippen LogP contribution in [0.5, 0.6) is 0 Å².